The van der Waals surface area contributed by atoms with Crippen LogP contribution in [0.3, 0.4) is 0 Å². The molecular weight excluding hydrogens is 357 g/mol. The lowest BCUT2D eigenvalue weighted by molar-refractivity contribution is -0.385. The first-order valence-electron chi connectivity index (χ1n) is 7.39. The Morgan fingerprint density at radius 2 is 2.12 bits per heavy atom. The Labute approximate surface area is 151 Å². The van der Waals surface area contributed by atoms with Gasteiger partial charge < -0.3 is 15.4 Å². The number of nitrogens with one attached hydrogen (secondary N) is 2. The number of methoxy groups -OCH3 is 1. The standard InChI is InChI=1S/C15H20ClN3O4.ClH/c1-23-10-15(4-6-17-7-5-15)9-18-14(20)12-8-11(16)2-3-13(12)19(21)22;/h2-3,8,17H,4-7,9-10H2,1H3,(H,18,20);1H. The second-order valence-electron chi connectivity index (χ2n) is 5.78. The van der Waals surface area contributed by atoms with Crippen LogP contribution >= 0.6 is 24.0 Å². The number of nitrogens with zero attached hydrogens (tertiary/aromatic N) is 1. The maximum Gasteiger partial charge on any atom is 0.282 e. The number of ether oxygens (including phenoxy) is 1. The maximum absolute atomic E-state index is 12.4. The van der Waals surface area contributed by atoms with Crippen LogP contribution in [0.15, 0.2) is 18.2 Å². The minimum absolute atomic E-state index is 0. The zero-order valence-electron chi connectivity index (χ0n) is 13.3. The molecule has 1 saturated heterocycles. The molecule has 9 heteroatoms. The second kappa shape index (κ2) is 9.17. The van der Waals surface area contributed by atoms with Gasteiger partial charge in [-0.25, -0.2) is 0 Å². The van der Waals surface area contributed by atoms with Crippen molar-refractivity contribution in [1.82, 2.24) is 10.6 Å². The van der Waals surface area contributed by atoms with Crippen molar-refractivity contribution in [3.63, 3.8) is 0 Å². The van der Waals surface area contributed by atoms with Crippen LogP contribution in [-0.2, 0) is 4.74 Å². The molecule has 2 rings (SSSR count). The number of amides is 1. The van der Waals surface area contributed by atoms with Gasteiger partial charge in [-0.15, -0.1) is 12.4 Å². The second-order valence-corrected chi connectivity index (χ2v) is 6.22. The molecule has 1 aliphatic rings. The van der Waals surface area contributed by atoms with Crippen LogP contribution in [0.5, 0.6) is 0 Å². The van der Waals surface area contributed by atoms with Gasteiger partial charge in [-0.3, -0.25) is 14.9 Å². The van der Waals surface area contributed by atoms with E-state index in [-0.39, 0.29) is 34.1 Å². The van der Waals surface area contributed by atoms with Crippen LogP contribution in [0.2, 0.25) is 5.02 Å². The topological polar surface area (TPSA) is 93.5 Å². The van der Waals surface area contributed by atoms with Crippen LogP contribution in [-0.4, -0.2) is 44.2 Å². The summed E-state index contributed by atoms with van der Waals surface area (Å²) in [6.45, 7) is 2.66. The molecular formula is C15H21Cl2N3O4. The van der Waals surface area contributed by atoms with Gasteiger partial charge in [0.15, 0.2) is 0 Å². The van der Waals surface area contributed by atoms with E-state index in [1.807, 2.05) is 0 Å². The summed E-state index contributed by atoms with van der Waals surface area (Å²) in [5, 5.41) is 17.4. The summed E-state index contributed by atoms with van der Waals surface area (Å²) < 4.78 is 5.30. The fraction of sp³-hybridized carbons (Fsp3) is 0.533. The van der Waals surface area contributed by atoms with Gasteiger partial charge in [0.1, 0.15) is 5.56 Å². The van der Waals surface area contributed by atoms with E-state index in [0.717, 1.165) is 25.9 Å². The van der Waals surface area contributed by atoms with Crippen molar-refractivity contribution >= 4 is 35.6 Å². The zero-order valence-corrected chi connectivity index (χ0v) is 14.9. The predicted octanol–water partition coefficient (Wildman–Crippen LogP) is 2.42. The highest BCUT2D eigenvalue weighted by atomic mass is 35.5. The van der Waals surface area contributed by atoms with Crippen LogP contribution in [0, 0.1) is 15.5 Å². The highest BCUT2D eigenvalue weighted by Crippen LogP contribution is 2.29. The number of hydrogen-bond acceptors (Lipinski definition) is 5. The van der Waals surface area contributed by atoms with E-state index >= 15 is 0 Å². The monoisotopic (exact) mass is 377 g/mol. The lowest BCUT2D eigenvalue weighted by Gasteiger charge is -2.37. The molecule has 0 unspecified atom stereocenters. The van der Waals surface area contributed by atoms with Crippen molar-refractivity contribution in [2.75, 3.05) is 33.4 Å². The summed E-state index contributed by atoms with van der Waals surface area (Å²) in [6.07, 6.45) is 1.75. The number of carbonyl (C=O) groups excluding carboxylic acids is 1. The van der Waals surface area contributed by atoms with Crippen LogP contribution in [0.1, 0.15) is 23.2 Å². The summed E-state index contributed by atoms with van der Waals surface area (Å²) in [6, 6.07) is 3.96. The third-order valence-corrected chi connectivity index (χ3v) is 4.37. The van der Waals surface area contributed by atoms with Crippen molar-refractivity contribution in [3.05, 3.63) is 38.9 Å². The van der Waals surface area contributed by atoms with E-state index in [1.54, 1.807) is 7.11 Å². The number of halogens is 2. The van der Waals surface area contributed by atoms with Gasteiger partial charge in [-0.1, -0.05) is 11.6 Å². The lowest BCUT2D eigenvalue weighted by atomic mass is 9.79. The first kappa shape index (κ1) is 20.6. The molecule has 1 aromatic rings. The molecule has 0 saturated carbocycles. The minimum Gasteiger partial charge on any atom is -0.384 e. The number of carbonyl (C=O) groups is 1. The third-order valence-electron chi connectivity index (χ3n) is 4.14. The first-order valence-corrected chi connectivity index (χ1v) is 7.77. The Kier molecular flexibility index (Phi) is 7.89. The van der Waals surface area contributed by atoms with Gasteiger partial charge in [0.25, 0.3) is 11.6 Å². The summed E-state index contributed by atoms with van der Waals surface area (Å²) in [5.41, 5.74) is -0.426. The molecule has 0 spiro atoms. The average Bonchev–Trinajstić information content (AvgIpc) is 2.53. The van der Waals surface area contributed by atoms with Gasteiger partial charge in [0, 0.05) is 30.2 Å². The smallest absolute Gasteiger partial charge is 0.282 e. The van der Waals surface area contributed by atoms with E-state index in [9.17, 15) is 14.9 Å². The number of nitro groups is 1. The van der Waals surface area contributed by atoms with Crippen molar-refractivity contribution in [2.45, 2.75) is 12.8 Å². The molecule has 2 N–H and O–H groups in total. The van der Waals surface area contributed by atoms with E-state index < -0.39 is 10.8 Å². The van der Waals surface area contributed by atoms with E-state index in [2.05, 4.69) is 10.6 Å². The quantitative estimate of drug-likeness (QED) is 0.586. The molecule has 7 nitrogen and oxygen atoms in total. The Hall–Kier alpha value is -1.41. The Morgan fingerprint density at radius 1 is 1.46 bits per heavy atom. The highest BCUT2D eigenvalue weighted by Gasteiger charge is 2.33. The Bertz CT molecular complexity index is 587. The van der Waals surface area contributed by atoms with E-state index in [1.165, 1.54) is 18.2 Å². The summed E-state index contributed by atoms with van der Waals surface area (Å²) in [5.74, 6) is -0.492. The number of piperidine rings is 1. The van der Waals surface area contributed by atoms with Gasteiger partial charge in [0.05, 0.1) is 11.5 Å². The molecule has 0 bridgehead atoms. The fourth-order valence-electron chi connectivity index (χ4n) is 2.85. The van der Waals surface area contributed by atoms with Gasteiger partial charge >= 0.3 is 0 Å². The Balaban J connectivity index is 0.00000288. The van der Waals surface area contributed by atoms with Crippen molar-refractivity contribution < 1.29 is 14.5 Å². The van der Waals surface area contributed by atoms with Crippen LogP contribution < -0.4 is 10.6 Å². The maximum atomic E-state index is 12.4. The molecule has 1 amide bonds. The largest absolute Gasteiger partial charge is 0.384 e. The number of hydrogen-bond donors (Lipinski definition) is 2. The number of nitro benzene ring substituents is 1. The molecule has 1 aromatic carbocycles. The SMILES string of the molecule is COCC1(CNC(=O)c2cc(Cl)ccc2[N+](=O)[O-])CCNCC1.Cl. The molecule has 0 aliphatic carbocycles. The molecule has 1 aliphatic heterocycles. The highest BCUT2D eigenvalue weighted by molar-refractivity contribution is 6.31. The zero-order chi connectivity index (χ0) is 16.9. The molecule has 0 aromatic heterocycles. The summed E-state index contributed by atoms with van der Waals surface area (Å²) in [7, 11) is 1.63. The average molecular weight is 378 g/mol. The normalized spacial score (nSPS) is 16.1. The summed E-state index contributed by atoms with van der Waals surface area (Å²) in [4.78, 5) is 22.9. The fourth-order valence-corrected chi connectivity index (χ4v) is 3.02. The minimum atomic E-state index is -0.583. The first-order chi connectivity index (χ1) is 11.0. The summed E-state index contributed by atoms with van der Waals surface area (Å²) >= 11 is 5.86. The van der Waals surface area contributed by atoms with Crippen molar-refractivity contribution in [3.8, 4) is 0 Å². The molecule has 134 valence electrons. The van der Waals surface area contributed by atoms with Crippen molar-refractivity contribution in [2.24, 2.45) is 5.41 Å². The van der Waals surface area contributed by atoms with Crippen molar-refractivity contribution in [1.29, 1.82) is 0 Å². The number of benzene rings is 1. The molecule has 24 heavy (non-hydrogen) atoms. The lowest BCUT2D eigenvalue weighted by Crippen LogP contribution is -2.47. The van der Waals surface area contributed by atoms with Gasteiger partial charge in [0.2, 0.25) is 0 Å². The molecule has 0 atom stereocenters. The Morgan fingerprint density at radius 3 is 2.71 bits per heavy atom. The van der Waals surface area contributed by atoms with E-state index in [0.29, 0.717) is 13.2 Å². The predicted molar refractivity (Wildman–Crippen MR) is 94.1 cm³/mol. The van der Waals surface area contributed by atoms with Crippen LogP contribution in [0.4, 0.5) is 5.69 Å². The van der Waals surface area contributed by atoms with Crippen LogP contribution in [0.25, 0.3) is 0 Å². The molecule has 1 heterocycles. The number of rotatable bonds is 6. The molecule has 1 fully saturated rings. The third kappa shape index (κ3) is 5.04. The van der Waals surface area contributed by atoms with Gasteiger partial charge in [-0.05, 0) is 38.1 Å². The van der Waals surface area contributed by atoms with E-state index in [4.69, 9.17) is 16.3 Å². The van der Waals surface area contributed by atoms with Gasteiger partial charge in [-0.2, -0.15) is 0 Å². The molecule has 0 radical (unpaired) electrons.